The van der Waals surface area contributed by atoms with Gasteiger partial charge in [-0.3, -0.25) is 4.79 Å². The molecule has 0 unspecified atom stereocenters. The summed E-state index contributed by atoms with van der Waals surface area (Å²) >= 11 is 5.21. The van der Waals surface area contributed by atoms with Gasteiger partial charge in [0.2, 0.25) is 0 Å². The van der Waals surface area contributed by atoms with Crippen LogP contribution in [0.25, 0.3) is 0 Å². The molecule has 3 nitrogen and oxygen atoms in total. The molecule has 0 radical (unpaired) electrons. The summed E-state index contributed by atoms with van der Waals surface area (Å²) in [6, 6.07) is 0. The molecule has 1 heterocycles. The first-order chi connectivity index (χ1) is 8.60. The number of alkyl halides is 7. The standard InChI is InChI=1S/C9H4ClF6NO2/c10-1-4-2-17-5(3-18)7(19-9(14,15)16)6(4)8(11,12)13/h2-3H,1H2. The molecular formula is C9H4ClF6NO2. The van der Waals surface area contributed by atoms with E-state index in [4.69, 9.17) is 11.6 Å². The van der Waals surface area contributed by atoms with E-state index < -0.39 is 41.0 Å². The zero-order valence-corrected chi connectivity index (χ0v) is 9.53. The van der Waals surface area contributed by atoms with Crippen LogP contribution in [-0.4, -0.2) is 17.6 Å². The molecule has 0 bridgehead atoms. The van der Waals surface area contributed by atoms with Gasteiger partial charge >= 0.3 is 12.5 Å². The molecule has 0 N–H and O–H groups in total. The largest absolute Gasteiger partial charge is 0.573 e. The minimum absolute atomic E-state index is 0.270. The summed E-state index contributed by atoms with van der Waals surface area (Å²) in [5.74, 6) is -2.44. The minimum atomic E-state index is -5.40. The van der Waals surface area contributed by atoms with E-state index in [1.165, 1.54) is 0 Å². The first kappa shape index (κ1) is 15.5. The second-order valence-electron chi connectivity index (χ2n) is 3.17. The molecule has 0 aromatic carbocycles. The van der Waals surface area contributed by atoms with Crippen molar-refractivity contribution in [1.82, 2.24) is 4.98 Å². The molecule has 0 spiro atoms. The van der Waals surface area contributed by atoms with Crippen molar-refractivity contribution in [3.8, 4) is 5.75 Å². The molecule has 0 atom stereocenters. The average molecular weight is 308 g/mol. The van der Waals surface area contributed by atoms with Gasteiger partial charge in [0.25, 0.3) is 0 Å². The molecule has 0 saturated heterocycles. The van der Waals surface area contributed by atoms with Gasteiger partial charge in [0.05, 0.1) is 0 Å². The van der Waals surface area contributed by atoms with Crippen LogP contribution in [0.1, 0.15) is 21.6 Å². The zero-order chi connectivity index (χ0) is 14.8. The van der Waals surface area contributed by atoms with Crippen molar-refractivity contribution in [2.45, 2.75) is 18.4 Å². The molecule has 1 rings (SSSR count). The van der Waals surface area contributed by atoms with Crippen LogP contribution in [0.2, 0.25) is 0 Å². The van der Waals surface area contributed by atoms with E-state index in [9.17, 15) is 31.1 Å². The molecule has 1 aromatic heterocycles. The van der Waals surface area contributed by atoms with Gasteiger partial charge in [-0.2, -0.15) is 13.2 Å². The number of aldehydes is 1. The van der Waals surface area contributed by atoms with E-state index in [-0.39, 0.29) is 6.29 Å². The van der Waals surface area contributed by atoms with Crippen molar-refractivity contribution in [3.05, 3.63) is 23.0 Å². The molecule has 0 saturated carbocycles. The molecule has 0 fully saturated rings. The Kier molecular flexibility index (Phi) is 4.28. The molecular weight excluding hydrogens is 304 g/mol. The summed E-state index contributed by atoms with van der Waals surface area (Å²) in [6.45, 7) is 0. The number of ether oxygens (including phenoxy) is 1. The number of nitrogens with zero attached hydrogens (tertiary/aromatic N) is 1. The second kappa shape index (κ2) is 5.24. The predicted molar refractivity (Wildman–Crippen MR) is 50.9 cm³/mol. The van der Waals surface area contributed by atoms with E-state index in [0.29, 0.717) is 6.20 Å². The maximum absolute atomic E-state index is 12.7. The summed E-state index contributed by atoms with van der Waals surface area (Å²) in [6.07, 6.45) is -10.3. The van der Waals surface area contributed by atoms with Crippen LogP contribution in [-0.2, 0) is 12.1 Å². The number of halogens is 7. The molecule has 1 aromatic rings. The number of aromatic nitrogens is 1. The van der Waals surface area contributed by atoms with E-state index >= 15 is 0 Å². The lowest BCUT2D eigenvalue weighted by molar-refractivity contribution is -0.276. The van der Waals surface area contributed by atoms with Crippen LogP contribution in [0.15, 0.2) is 6.20 Å². The minimum Gasteiger partial charge on any atom is -0.403 e. The van der Waals surface area contributed by atoms with Crippen molar-refractivity contribution in [1.29, 1.82) is 0 Å². The van der Waals surface area contributed by atoms with Gasteiger partial charge in [-0.15, -0.1) is 24.8 Å². The van der Waals surface area contributed by atoms with Crippen LogP contribution in [0.4, 0.5) is 26.3 Å². The van der Waals surface area contributed by atoms with Crippen molar-refractivity contribution >= 4 is 17.9 Å². The Bertz CT molecular complexity index is 485. The van der Waals surface area contributed by atoms with Gasteiger partial charge in [-0.05, 0) is 0 Å². The van der Waals surface area contributed by atoms with Gasteiger partial charge in [-0.1, -0.05) is 0 Å². The quantitative estimate of drug-likeness (QED) is 0.487. The number of carbonyl (C=O) groups excluding carboxylic acids is 1. The number of carbonyl (C=O) groups is 1. The van der Waals surface area contributed by atoms with Crippen molar-refractivity contribution < 1.29 is 35.9 Å². The van der Waals surface area contributed by atoms with Crippen LogP contribution in [0, 0.1) is 0 Å². The molecule has 0 aliphatic heterocycles. The molecule has 0 amide bonds. The first-order valence-electron chi connectivity index (χ1n) is 4.46. The van der Waals surface area contributed by atoms with E-state index in [1.807, 2.05) is 0 Å². The maximum atomic E-state index is 12.7. The molecule has 0 aliphatic rings. The lowest BCUT2D eigenvalue weighted by Gasteiger charge is -2.18. The normalized spacial score (nSPS) is 12.4. The van der Waals surface area contributed by atoms with Gasteiger partial charge in [0, 0.05) is 17.6 Å². The Morgan fingerprint density at radius 3 is 2.21 bits per heavy atom. The topological polar surface area (TPSA) is 39.2 Å². The van der Waals surface area contributed by atoms with E-state index in [0.717, 1.165) is 0 Å². The smallest absolute Gasteiger partial charge is 0.403 e. The third-order valence-corrected chi connectivity index (χ3v) is 2.19. The number of pyridine rings is 1. The molecule has 106 valence electrons. The highest BCUT2D eigenvalue weighted by atomic mass is 35.5. The lowest BCUT2D eigenvalue weighted by atomic mass is 10.1. The van der Waals surface area contributed by atoms with Crippen LogP contribution in [0.5, 0.6) is 5.75 Å². The Labute approximate surface area is 107 Å². The van der Waals surface area contributed by atoms with Crippen LogP contribution in [0.3, 0.4) is 0 Å². The molecule has 10 heteroatoms. The lowest BCUT2D eigenvalue weighted by Crippen LogP contribution is -2.23. The van der Waals surface area contributed by atoms with Crippen molar-refractivity contribution in [2.75, 3.05) is 0 Å². The highest BCUT2D eigenvalue weighted by Crippen LogP contribution is 2.42. The fourth-order valence-corrected chi connectivity index (χ4v) is 1.46. The predicted octanol–water partition coefficient (Wildman–Crippen LogP) is 3.55. The Morgan fingerprint density at radius 2 is 1.84 bits per heavy atom. The first-order valence-corrected chi connectivity index (χ1v) is 4.99. The highest BCUT2D eigenvalue weighted by molar-refractivity contribution is 6.17. The Hall–Kier alpha value is -1.51. The third kappa shape index (κ3) is 3.72. The van der Waals surface area contributed by atoms with Gasteiger partial charge in [0.1, 0.15) is 11.3 Å². The Morgan fingerprint density at radius 1 is 1.26 bits per heavy atom. The van der Waals surface area contributed by atoms with Crippen LogP contribution < -0.4 is 4.74 Å². The maximum Gasteiger partial charge on any atom is 0.573 e. The fourth-order valence-electron chi connectivity index (χ4n) is 1.26. The average Bonchev–Trinajstić information content (AvgIpc) is 2.24. The number of hydrogen-bond donors (Lipinski definition) is 0. The van der Waals surface area contributed by atoms with Crippen LogP contribution >= 0.6 is 11.6 Å². The SMILES string of the molecule is O=Cc1ncc(CCl)c(C(F)(F)F)c1OC(F)(F)F. The number of rotatable bonds is 3. The summed E-state index contributed by atoms with van der Waals surface area (Å²) < 4.78 is 77.8. The third-order valence-electron chi connectivity index (χ3n) is 1.90. The molecule has 19 heavy (non-hydrogen) atoms. The Balaban J connectivity index is 3.57. The second-order valence-corrected chi connectivity index (χ2v) is 3.44. The highest BCUT2D eigenvalue weighted by Gasteiger charge is 2.43. The summed E-state index contributed by atoms with van der Waals surface area (Å²) in [5.41, 5.74) is -3.60. The summed E-state index contributed by atoms with van der Waals surface area (Å²) in [7, 11) is 0. The summed E-state index contributed by atoms with van der Waals surface area (Å²) in [4.78, 5) is 13.6. The zero-order valence-electron chi connectivity index (χ0n) is 8.77. The molecule has 0 aliphatic carbocycles. The van der Waals surface area contributed by atoms with Crippen molar-refractivity contribution in [2.24, 2.45) is 0 Å². The van der Waals surface area contributed by atoms with E-state index in [1.54, 1.807) is 0 Å². The van der Waals surface area contributed by atoms with Gasteiger partial charge < -0.3 is 4.74 Å². The van der Waals surface area contributed by atoms with Gasteiger partial charge in [0.15, 0.2) is 12.0 Å². The fraction of sp³-hybridized carbons (Fsp3) is 0.333. The van der Waals surface area contributed by atoms with Gasteiger partial charge in [-0.25, -0.2) is 4.98 Å². The van der Waals surface area contributed by atoms with E-state index in [2.05, 4.69) is 9.72 Å². The summed E-state index contributed by atoms with van der Waals surface area (Å²) in [5, 5.41) is 0. The monoisotopic (exact) mass is 307 g/mol. The number of hydrogen-bond acceptors (Lipinski definition) is 3. The van der Waals surface area contributed by atoms with Crippen molar-refractivity contribution in [3.63, 3.8) is 0 Å².